The van der Waals surface area contributed by atoms with E-state index in [0.29, 0.717) is 15.7 Å². The second kappa shape index (κ2) is 8.88. The lowest BCUT2D eigenvalue weighted by Crippen LogP contribution is -2.19. The predicted octanol–water partition coefficient (Wildman–Crippen LogP) is 3.58. The molecule has 0 bridgehead atoms. The number of benzene rings is 2. The van der Waals surface area contributed by atoms with Crippen LogP contribution in [0.4, 0.5) is 5.13 Å². The van der Waals surface area contributed by atoms with Crippen molar-refractivity contribution in [2.45, 2.75) is 20.3 Å². The lowest BCUT2D eigenvalue weighted by molar-refractivity contribution is -0.120. The van der Waals surface area contributed by atoms with Gasteiger partial charge < -0.3 is 4.98 Å². The summed E-state index contributed by atoms with van der Waals surface area (Å²) in [5.41, 5.74) is 7.02. The SMILES string of the molecule is Cc1ccc(C(=O)Nc2nnc(CC(=O)N/N=C/c3c(C)[nH]c4ccccc34)s2)cc1. The van der Waals surface area contributed by atoms with Gasteiger partial charge in [0.25, 0.3) is 5.91 Å². The van der Waals surface area contributed by atoms with E-state index in [4.69, 9.17) is 0 Å². The molecule has 0 aliphatic heterocycles. The van der Waals surface area contributed by atoms with Gasteiger partial charge in [-0.15, -0.1) is 10.2 Å². The largest absolute Gasteiger partial charge is 0.358 e. The number of anilines is 1. The summed E-state index contributed by atoms with van der Waals surface area (Å²) in [4.78, 5) is 27.7. The fourth-order valence-corrected chi connectivity index (χ4v) is 3.79. The van der Waals surface area contributed by atoms with E-state index >= 15 is 0 Å². The number of hydrazone groups is 1. The van der Waals surface area contributed by atoms with Gasteiger partial charge in [-0.2, -0.15) is 5.10 Å². The first-order chi connectivity index (χ1) is 15.0. The number of hydrogen-bond acceptors (Lipinski definition) is 6. The molecule has 4 aromatic rings. The van der Waals surface area contributed by atoms with Crippen molar-refractivity contribution in [1.29, 1.82) is 0 Å². The lowest BCUT2D eigenvalue weighted by Gasteiger charge is -2.01. The summed E-state index contributed by atoms with van der Waals surface area (Å²) in [7, 11) is 0. The molecule has 2 amide bonds. The Morgan fingerprint density at radius 1 is 1.10 bits per heavy atom. The standard InChI is InChI=1S/C22H20N6O2S/c1-13-7-9-15(10-8-13)21(30)25-22-28-27-20(31-22)11-19(29)26-23-12-17-14(2)24-18-6-4-3-5-16(17)18/h3-10,12,24H,11H2,1-2H3,(H,26,29)(H,25,28,30)/b23-12+. The Kier molecular flexibility index (Phi) is 5.85. The summed E-state index contributed by atoms with van der Waals surface area (Å²) in [5.74, 6) is -0.591. The van der Waals surface area contributed by atoms with E-state index in [9.17, 15) is 9.59 Å². The smallest absolute Gasteiger partial charge is 0.257 e. The zero-order chi connectivity index (χ0) is 21.8. The van der Waals surface area contributed by atoms with Gasteiger partial charge >= 0.3 is 0 Å². The molecule has 3 N–H and O–H groups in total. The van der Waals surface area contributed by atoms with Crippen LogP contribution in [0.1, 0.15) is 32.2 Å². The second-order valence-electron chi connectivity index (χ2n) is 7.00. The second-order valence-corrected chi connectivity index (χ2v) is 8.06. The van der Waals surface area contributed by atoms with Gasteiger partial charge in [-0.25, -0.2) is 5.43 Å². The number of para-hydroxylation sites is 1. The summed E-state index contributed by atoms with van der Waals surface area (Å²) < 4.78 is 0. The number of nitrogens with one attached hydrogen (secondary N) is 3. The highest BCUT2D eigenvalue weighted by atomic mass is 32.1. The minimum Gasteiger partial charge on any atom is -0.358 e. The van der Waals surface area contributed by atoms with Crippen molar-refractivity contribution in [2.75, 3.05) is 5.32 Å². The van der Waals surface area contributed by atoms with E-state index in [1.807, 2.05) is 50.2 Å². The Bertz CT molecular complexity index is 1270. The molecule has 2 aromatic heterocycles. The molecule has 0 fully saturated rings. The molecule has 0 aliphatic carbocycles. The first-order valence-corrected chi connectivity index (χ1v) is 10.4. The van der Waals surface area contributed by atoms with Crippen LogP contribution in [0, 0.1) is 13.8 Å². The van der Waals surface area contributed by atoms with Gasteiger partial charge in [0, 0.05) is 27.7 Å². The van der Waals surface area contributed by atoms with Crippen LogP contribution in [0.3, 0.4) is 0 Å². The fourth-order valence-electron chi connectivity index (χ4n) is 3.06. The van der Waals surface area contributed by atoms with Crippen LogP contribution in [0.2, 0.25) is 0 Å². The van der Waals surface area contributed by atoms with Crippen molar-refractivity contribution in [3.63, 3.8) is 0 Å². The number of carbonyl (C=O) groups excluding carboxylic acids is 2. The molecule has 0 aliphatic rings. The summed E-state index contributed by atoms with van der Waals surface area (Å²) in [6.45, 7) is 3.91. The van der Waals surface area contributed by atoms with Crippen LogP contribution in [0.5, 0.6) is 0 Å². The number of H-pyrrole nitrogens is 1. The lowest BCUT2D eigenvalue weighted by atomic mass is 10.1. The Labute approximate surface area is 182 Å². The molecule has 4 rings (SSSR count). The summed E-state index contributed by atoms with van der Waals surface area (Å²) in [6, 6.07) is 15.1. The van der Waals surface area contributed by atoms with Crippen molar-refractivity contribution in [3.8, 4) is 0 Å². The number of amides is 2. The van der Waals surface area contributed by atoms with E-state index < -0.39 is 0 Å². The Morgan fingerprint density at radius 2 is 1.87 bits per heavy atom. The highest BCUT2D eigenvalue weighted by Gasteiger charge is 2.12. The Hall–Kier alpha value is -3.85. The molecule has 8 nitrogen and oxygen atoms in total. The number of nitrogens with zero attached hydrogens (tertiary/aromatic N) is 3. The maximum Gasteiger partial charge on any atom is 0.257 e. The molecular weight excluding hydrogens is 412 g/mol. The van der Waals surface area contributed by atoms with E-state index in [1.165, 1.54) is 0 Å². The van der Waals surface area contributed by atoms with Crippen LogP contribution < -0.4 is 10.7 Å². The Balaban J connectivity index is 1.33. The molecule has 0 unspecified atom stereocenters. The molecule has 0 spiro atoms. The van der Waals surface area contributed by atoms with Gasteiger partial charge in [-0.3, -0.25) is 14.9 Å². The third-order valence-electron chi connectivity index (χ3n) is 4.64. The van der Waals surface area contributed by atoms with Crippen LogP contribution in [0.15, 0.2) is 53.6 Å². The summed E-state index contributed by atoms with van der Waals surface area (Å²) in [6.07, 6.45) is 1.64. The highest BCUT2D eigenvalue weighted by Crippen LogP contribution is 2.20. The molecule has 0 saturated carbocycles. The molecule has 0 atom stereocenters. The van der Waals surface area contributed by atoms with Crippen LogP contribution in [-0.2, 0) is 11.2 Å². The number of fused-ring (bicyclic) bond motifs is 1. The van der Waals surface area contributed by atoms with Gasteiger partial charge in [-0.1, -0.05) is 47.2 Å². The molecule has 9 heteroatoms. The average molecular weight is 433 g/mol. The molecule has 2 aromatic carbocycles. The number of aromatic amines is 1. The summed E-state index contributed by atoms with van der Waals surface area (Å²) in [5, 5.41) is 16.5. The fraction of sp³-hybridized carbons (Fsp3) is 0.136. The summed E-state index contributed by atoms with van der Waals surface area (Å²) >= 11 is 1.15. The minimum absolute atomic E-state index is 0.0161. The quantitative estimate of drug-likeness (QED) is 0.319. The van der Waals surface area contributed by atoms with E-state index in [1.54, 1.807) is 18.3 Å². The maximum absolute atomic E-state index is 12.3. The number of aromatic nitrogens is 3. The molecule has 31 heavy (non-hydrogen) atoms. The third kappa shape index (κ3) is 4.84. The van der Waals surface area contributed by atoms with Gasteiger partial charge in [0.15, 0.2) is 0 Å². The van der Waals surface area contributed by atoms with Gasteiger partial charge in [0.2, 0.25) is 11.0 Å². The van der Waals surface area contributed by atoms with Crippen molar-refractivity contribution in [1.82, 2.24) is 20.6 Å². The van der Waals surface area contributed by atoms with Gasteiger partial charge in [-0.05, 0) is 32.0 Å². The van der Waals surface area contributed by atoms with E-state index in [-0.39, 0.29) is 18.2 Å². The maximum atomic E-state index is 12.3. The molecule has 0 radical (unpaired) electrons. The Morgan fingerprint density at radius 3 is 2.68 bits per heavy atom. The molecule has 156 valence electrons. The van der Waals surface area contributed by atoms with E-state index in [0.717, 1.165) is 39.1 Å². The van der Waals surface area contributed by atoms with E-state index in [2.05, 4.69) is 31.0 Å². The number of hydrogen-bond donors (Lipinski definition) is 3. The zero-order valence-corrected chi connectivity index (χ0v) is 17.8. The molecule has 2 heterocycles. The van der Waals surface area contributed by atoms with Gasteiger partial charge in [0.05, 0.1) is 12.6 Å². The first kappa shape index (κ1) is 20.4. The highest BCUT2D eigenvalue weighted by molar-refractivity contribution is 7.15. The van der Waals surface area contributed by atoms with Crippen molar-refractivity contribution >= 4 is 45.4 Å². The minimum atomic E-state index is -0.318. The number of carbonyl (C=O) groups is 2. The zero-order valence-electron chi connectivity index (χ0n) is 17.0. The normalized spacial score (nSPS) is 11.2. The van der Waals surface area contributed by atoms with Crippen molar-refractivity contribution < 1.29 is 9.59 Å². The van der Waals surface area contributed by atoms with Gasteiger partial charge in [0.1, 0.15) is 5.01 Å². The molecular formula is C22H20N6O2S. The van der Waals surface area contributed by atoms with Crippen LogP contribution >= 0.6 is 11.3 Å². The first-order valence-electron chi connectivity index (χ1n) is 9.59. The number of rotatable bonds is 6. The topological polar surface area (TPSA) is 112 Å². The van der Waals surface area contributed by atoms with Crippen molar-refractivity contribution in [2.24, 2.45) is 5.10 Å². The predicted molar refractivity (Wildman–Crippen MR) is 122 cm³/mol. The number of aryl methyl sites for hydroxylation is 2. The molecule has 0 saturated heterocycles. The average Bonchev–Trinajstić information content (AvgIpc) is 3.32. The third-order valence-corrected chi connectivity index (χ3v) is 5.48. The van der Waals surface area contributed by atoms with Crippen LogP contribution in [0.25, 0.3) is 10.9 Å². The van der Waals surface area contributed by atoms with Crippen LogP contribution in [-0.4, -0.2) is 33.2 Å². The van der Waals surface area contributed by atoms with Crippen molar-refractivity contribution in [3.05, 3.63) is 75.9 Å². The monoisotopic (exact) mass is 432 g/mol.